The standard InChI is InChI=1S/C15H24N2O3S/c1-5-6-7-8-11-17-21(18,19)14-10-9-13(20-14)12-16-15(2,3)4/h1,9-10,16-17H,6-8,11-12H2,2-4H3. The van der Waals surface area contributed by atoms with E-state index in [1.54, 1.807) is 6.07 Å². The third-order valence-corrected chi connectivity index (χ3v) is 4.07. The van der Waals surface area contributed by atoms with Crippen molar-refractivity contribution < 1.29 is 12.8 Å². The van der Waals surface area contributed by atoms with Crippen LogP contribution in [0.3, 0.4) is 0 Å². The maximum absolute atomic E-state index is 12.0. The van der Waals surface area contributed by atoms with Crippen LogP contribution in [-0.2, 0) is 16.6 Å². The quantitative estimate of drug-likeness (QED) is 0.570. The van der Waals surface area contributed by atoms with E-state index in [-0.39, 0.29) is 10.6 Å². The molecule has 2 N–H and O–H groups in total. The van der Waals surface area contributed by atoms with Crippen molar-refractivity contribution in [2.24, 2.45) is 0 Å². The van der Waals surface area contributed by atoms with Gasteiger partial charge in [-0.3, -0.25) is 0 Å². The minimum atomic E-state index is -3.58. The van der Waals surface area contributed by atoms with E-state index in [1.165, 1.54) is 6.07 Å². The van der Waals surface area contributed by atoms with E-state index in [1.807, 2.05) is 20.8 Å². The smallest absolute Gasteiger partial charge is 0.273 e. The summed E-state index contributed by atoms with van der Waals surface area (Å²) in [7, 11) is -3.58. The van der Waals surface area contributed by atoms with Gasteiger partial charge in [0.05, 0.1) is 6.54 Å². The lowest BCUT2D eigenvalue weighted by molar-refractivity contribution is 0.359. The van der Waals surface area contributed by atoms with E-state index in [4.69, 9.17) is 10.8 Å². The van der Waals surface area contributed by atoms with Crippen molar-refractivity contribution in [1.29, 1.82) is 0 Å². The zero-order chi connectivity index (χ0) is 15.9. The summed E-state index contributed by atoms with van der Waals surface area (Å²) in [5.74, 6) is 3.12. The Morgan fingerprint density at radius 2 is 2.00 bits per heavy atom. The molecule has 0 saturated carbocycles. The highest BCUT2D eigenvalue weighted by Gasteiger charge is 2.18. The van der Waals surface area contributed by atoms with Gasteiger partial charge >= 0.3 is 0 Å². The van der Waals surface area contributed by atoms with Gasteiger partial charge in [-0.15, -0.1) is 12.3 Å². The molecule has 0 aliphatic rings. The predicted octanol–water partition coefficient (Wildman–Crippen LogP) is 2.25. The molecule has 0 amide bonds. The van der Waals surface area contributed by atoms with Gasteiger partial charge in [-0.2, -0.15) is 0 Å². The second-order valence-corrected chi connectivity index (χ2v) is 7.58. The third kappa shape index (κ3) is 6.80. The van der Waals surface area contributed by atoms with Gasteiger partial charge in [0.15, 0.2) is 0 Å². The Balaban J connectivity index is 2.52. The molecule has 1 heterocycles. The van der Waals surface area contributed by atoms with Gasteiger partial charge in [0.1, 0.15) is 5.76 Å². The largest absolute Gasteiger partial charge is 0.447 e. The monoisotopic (exact) mass is 312 g/mol. The highest BCUT2D eigenvalue weighted by molar-refractivity contribution is 7.89. The normalized spacial score (nSPS) is 12.3. The Bertz CT molecular complexity index is 577. The van der Waals surface area contributed by atoms with Crippen LogP contribution in [0, 0.1) is 12.3 Å². The van der Waals surface area contributed by atoms with E-state index in [2.05, 4.69) is 16.0 Å². The second kappa shape index (κ2) is 7.64. The van der Waals surface area contributed by atoms with Crippen molar-refractivity contribution >= 4 is 10.0 Å². The number of furan rings is 1. The molecule has 118 valence electrons. The summed E-state index contributed by atoms with van der Waals surface area (Å²) in [5.41, 5.74) is -0.0545. The number of hydrogen-bond acceptors (Lipinski definition) is 4. The van der Waals surface area contributed by atoms with Gasteiger partial charge in [0.2, 0.25) is 5.09 Å². The summed E-state index contributed by atoms with van der Waals surface area (Å²) in [6.07, 6.45) is 7.31. The molecule has 0 atom stereocenters. The number of hydrogen-bond donors (Lipinski definition) is 2. The average molecular weight is 312 g/mol. The molecule has 6 heteroatoms. The SMILES string of the molecule is C#CCCCCNS(=O)(=O)c1ccc(CNC(C)(C)C)o1. The molecule has 0 radical (unpaired) electrons. The van der Waals surface area contributed by atoms with Gasteiger partial charge < -0.3 is 9.73 Å². The summed E-state index contributed by atoms with van der Waals surface area (Å²) in [6.45, 7) is 6.95. The van der Waals surface area contributed by atoms with Gasteiger partial charge in [0.25, 0.3) is 10.0 Å². The van der Waals surface area contributed by atoms with Crippen LogP contribution in [0.4, 0.5) is 0 Å². The molecule has 1 aromatic rings. The van der Waals surface area contributed by atoms with Crippen molar-refractivity contribution in [3.05, 3.63) is 17.9 Å². The van der Waals surface area contributed by atoms with Crippen molar-refractivity contribution in [2.75, 3.05) is 6.54 Å². The van der Waals surface area contributed by atoms with Crippen LogP contribution in [0.5, 0.6) is 0 Å². The number of nitrogens with one attached hydrogen (secondary N) is 2. The number of unbranched alkanes of at least 4 members (excludes halogenated alkanes) is 2. The minimum absolute atomic E-state index is 0.0508. The molecule has 21 heavy (non-hydrogen) atoms. The molecule has 0 spiro atoms. The first-order chi connectivity index (χ1) is 9.74. The molecule has 0 saturated heterocycles. The van der Waals surface area contributed by atoms with Crippen LogP contribution < -0.4 is 10.0 Å². The lowest BCUT2D eigenvalue weighted by Gasteiger charge is -2.19. The lowest BCUT2D eigenvalue weighted by Crippen LogP contribution is -2.34. The van der Waals surface area contributed by atoms with E-state index in [0.29, 0.717) is 31.7 Å². The first kappa shape index (κ1) is 17.8. The summed E-state index contributed by atoms with van der Waals surface area (Å²) in [6, 6.07) is 3.15. The van der Waals surface area contributed by atoms with Crippen LogP contribution in [0.1, 0.15) is 45.8 Å². The predicted molar refractivity (Wildman–Crippen MR) is 83.2 cm³/mol. The Morgan fingerprint density at radius 3 is 2.62 bits per heavy atom. The van der Waals surface area contributed by atoms with Crippen molar-refractivity contribution in [3.8, 4) is 12.3 Å². The molecule has 0 unspecified atom stereocenters. The van der Waals surface area contributed by atoms with Crippen LogP contribution in [0.15, 0.2) is 21.6 Å². The average Bonchev–Trinajstić information content (AvgIpc) is 2.85. The molecule has 0 fully saturated rings. The molecule has 0 aliphatic carbocycles. The highest BCUT2D eigenvalue weighted by atomic mass is 32.2. The maximum atomic E-state index is 12.0. The van der Waals surface area contributed by atoms with Crippen LogP contribution in [0.2, 0.25) is 0 Å². The molecule has 1 aromatic heterocycles. The summed E-state index contributed by atoms with van der Waals surface area (Å²) in [5, 5.41) is 3.19. The third-order valence-electron chi connectivity index (χ3n) is 2.73. The molecule has 5 nitrogen and oxygen atoms in total. The van der Waals surface area contributed by atoms with Gasteiger partial charge in [-0.1, -0.05) is 0 Å². The van der Waals surface area contributed by atoms with Crippen LogP contribution >= 0.6 is 0 Å². The van der Waals surface area contributed by atoms with Crippen molar-refractivity contribution in [2.45, 2.75) is 57.2 Å². The lowest BCUT2D eigenvalue weighted by atomic mass is 10.1. The van der Waals surface area contributed by atoms with E-state index >= 15 is 0 Å². The molecule has 0 bridgehead atoms. The fourth-order valence-corrected chi connectivity index (χ4v) is 2.60. The first-order valence-corrected chi connectivity index (χ1v) is 8.50. The van der Waals surface area contributed by atoms with Gasteiger partial charge in [0, 0.05) is 18.5 Å². The zero-order valence-electron chi connectivity index (χ0n) is 12.9. The molecule has 0 aromatic carbocycles. The Kier molecular flexibility index (Phi) is 6.46. The minimum Gasteiger partial charge on any atom is -0.447 e. The number of rotatable bonds is 8. The number of sulfonamides is 1. The van der Waals surface area contributed by atoms with Crippen molar-refractivity contribution in [3.63, 3.8) is 0 Å². The molecular weight excluding hydrogens is 288 g/mol. The molecule has 0 aliphatic heterocycles. The van der Waals surface area contributed by atoms with E-state index in [0.717, 1.165) is 6.42 Å². The van der Waals surface area contributed by atoms with Crippen molar-refractivity contribution in [1.82, 2.24) is 10.0 Å². The summed E-state index contributed by atoms with van der Waals surface area (Å²) in [4.78, 5) is 0. The second-order valence-electron chi connectivity index (χ2n) is 5.88. The van der Waals surface area contributed by atoms with Crippen LogP contribution in [-0.4, -0.2) is 20.5 Å². The Morgan fingerprint density at radius 1 is 1.29 bits per heavy atom. The van der Waals surface area contributed by atoms with Gasteiger partial charge in [-0.25, -0.2) is 13.1 Å². The van der Waals surface area contributed by atoms with E-state index < -0.39 is 10.0 Å². The zero-order valence-corrected chi connectivity index (χ0v) is 13.7. The van der Waals surface area contributed by atoms with Crippen LogP contribution in [0.25, 0.3) is 0 Å². The number of terminal acetylenes is 1. The fourth-order valence-electron chi connectivity index (χ4n) is 1.58. The Hall–Kier alpha value is -1.29. The topological polar surface area (TPSA) is 71.3 Å². The highest BCUT2D eigenvalue weighted by Crippen LogP contribution is 2.14. The van der Waals surface area contributed by atoms with Gasteiger partial charge in [-0.05, 0) is 45.7 Å². The fraction of sp³-hybridized carbons (Fsp3) is 0.600. The summed E-state index contributed by atoms with van der Waals surface area (Å²) < 4.78 is 31.9. The summed E-state index contributed by atoms with van der Waals surface area (Å²) >= 11 is 0. The molecular formula is C15H24N2O3S. The molecule has 1 rings (SSSR count). The Labute approximate surface area is 127 Å². The first-order valence-electron chi connectivity index (χ1n) is 7.01. The van der Waals surface area contributed by atoms with E-state index in [9.17, 15) is 8.42 Å². The maximum Gasteiger partial charge on any atom is 0.273 e.